The quantitative estimate of drug-likeness (QED) is 0.902. The summed E-state index contributed by atoms with van der Waals surface area (Å²) in [5.74, 6) is 1.70. The van der Waals surface area contributed by atoms with E-state index >= 15 is 0 Å². The van der Waals surface area contributed by atoms with Crippen LogP contribution in [0.15, 0.2) is 24.3 Å². The maximum atomic E-state index is 6.09. The van der Waals surface area contributed by atoms with Crippen LogP contribution in [-0.2, 0) is 6.42 Å². The number of aromatic nitrogens is 2. The number of nitrogens with zero attached hydrogens (tertiary/aromatic N) is 2. The van der Waals surface area contributed by atoms with Crippen molar-refractivity contribution >= 4 is 40.5 Å². The maximum absolute atomic E-state index is 6.09. The minimum atomic E-state index is 0.419. The van der Waals surface area contributed by atoms with Crippen LogP contribution < -0.4 is 11.1 Å². The zero-order chi connectivity index (χ0) is 13.1. The Balaban J connectivity index is 2.34. The van der Waals surface area contributed by atoms with Crippen LogP contribution >= 0.6 is 23.2 Å². The van der Waals surface area contributed by atoms with E-state index < -0.39 is 0 Å². The van der Waals surface area contributed by atoms with Crippen molar-refractivity contribution in [3.8, 4) is 0 Å². The van der Waals surface area contributed by atoms with Crippen molar-refractivity contribution in [2.75, 3.05) is 11.1 Å². The molecule has 0 atom stereocenters. The minimum absolute atomic E-state index is 0.419. The molecule has 94 valence electrons. The number of nitrogens with two attached hydrogens (primary N) is 1. The molecular formula is C12H12Cl2N4. The van der Waals surface area contributed by atoms with Gasteiger partial charge in [0.15, 0.2) is 0 Å². The lowest BCUT2D eigenvalue weighted by Crippen LogP contribution is -2.03. The van der Waals surface area contributed by atoms with Gasteiger partial charge in [0.05, 0.1) is 15.7 Å². The van der Waals surface area contributed by atoms with Gasteiger partial charge in [-0.3, -0.25) is 0 Å². The maximum Gasteiger partial charge on any atom is 0.136 e. The van der Waals surface area contributed by atoms with Gasteiger partial charge in [-0.05, 0) is 12.1 Å². The lowest BCUT2D eigenvalue weighted by atomic mass is 10.3. The van der Waals surface area contributed by atoms with Crippen LogP contribution in [0, 0.1) is 0 Å². The Morgan fingerprint density at radius 3 is 2.78 bits per heavy atom. The lowest BCUT2D eigenvalue weighted by molar-refractivity contribution is 0.948. The fourth-order valence-corrected chi connectivity index (χ4v) is 1.83. The third kappa shape index (κ3) is 2.83. The minimum Gasteiger partial charge on any atom is -0.384 e. The molecule has 3 N–H and O–H groups in total. The smallest absolute Gasteiger partial charge is 0.136 e. The first-order valence-electron chi connectivity index (χ1n) is 5.44. The molecule has 0 fully saturated rings. The molecule has 1 heterocycles. The third-order valence-electron chi connectivity index (χ3n) is 2.32. The Morgan fingerprint density at radius 2 is 2.06 bits per heavy atom. The van der Waals surface area contributed by atoms with E-state index in [1.54, 1.807) is 12.1 Å². The van der Waals surface area contributed by atoms with E-state index in [1.807, 2.05) is 19.1 Å². The molecule has 1 aromatic heterocycles. The van der Waals surface area contributed by atoms with Crippen LogP contribution in [0.3, 0.4) is 0 Å². The standard InChI is InChI=1S/C12H12Cl2N4/c1-2-10-17-9(15)6-11(18-10)16-8-5-3-4-7(13)12(8)14/h3-6H,2H2,1H3,(H3,15,16,17,18). The van der Waals surface area contributed by atoms with E-state index in [9.17, 15) is 0 Å². The summed E-state index contributed by atoms with van der Waals surface area (Å²) in [7, 11) is 0. The molecule has 0 saturated heterocycles. The fraction of sp³-hybridized carbons (Fsp3) is 0.167. The first kappa shape index (κ1) is 12.9. The summed E-state index contributed by atoms with van der Waals surface area (Å²) >= 11 is 12.0. The van der Waals surface area contributed by atoms with Gasteiger partial charge in [-0.15, -0.1) is 0 Å². The molecule has 0 aliphatic carbocycles. The Bertz CT molecular complexity index is 572. The van der Waals surface area contributed by atoms with Crippen LogP contribution in [0.25, 0.3) is 0 Å². The number of hydrogen-bond acceptors (Lipinski definition) is 4. The van der Waals surface area contributed by atoms with Gasteiger partial charge in [0, 0.05) is 12.5 Å². The number of hydrogen-bond donors (Lipinski definition) is 2. The van der Waals surface area contributed by atoms with E-state index in [-0.39, 0.29) is 0 Å². The first-order chi connectivity index (χ1) is 8.60. The molecule has 0 amide bonds. The number of halogens is 2. The molecule has 2 rings (SSSR count). The van der Waals surface area contributed by atoms with Crippen molar-refractivity contribution in [2.45, 2.75) is 13.3 Å². The van der Waals surface area contributed by atoms with Crippen LogP contribution in [0.4, 0.5) is 17.3 Å². The monoisotopic (exact) mass is 282 g/mol. The van der Waals surface area contributed by atoms with Gasteiger partial charge in [-0.1, -0.05) is 36.2 Å². The number of nitrogen functional groups attached to an aromatic ring is 1. The predicted molar refractivity (Wildman–Crippen MR) is 75.6 cm³/mol. The van der Waals surface area contributed by atoms with Crippen molar-refractivity contribution < 1.29 is 0 Å². The zero-order valence-electron chi connectivity index (χ0n) is 9.74. The van der Waals surface area contributed by atoms with Gasteiger partial charge in [-0.25, -0.2) is 9.97 Å². The molecule has 18 heavy (non-hydrogen) atoms. The normalized spacial score (nSPS) is 10.4. The topological polar surface area (TPSA) is 63.8 Å². The van der Waals surface area contributed by atoms with Crippen LogP contribution in [0.2, 0.25) is 10.0 Å². The summed E-state index contributed by atoms with van der Waals surface area (Å²) in [6, 6.07) is 7.00. The Hall–Kier alpha value is -1.52. The Kier molecular flexibility index (Phi) is 3.89. The molecular weight excluding hydrogens is 271 g/mol. The van der Waals surface area contributed by atoms with Crippen molar-refractivity contribution in [3.05, 3.63) is 40.1 Å². The molecule has 0 bridgehead atoms. The summed E-state index contributed by atoms with van der Waals surface area (Å²) in [5.41, 5.74) is 6.39. The molecule has 1 aromatic carbocycles. The molecule has 0 unspecified atom stereocenters. The predicted octanol–water partition coefficient (Wildman–Crippen LogP) is 3.67. The van der Waals surface area contributed by atoms with Crippen molar-refractivity contribution in [1.29, 1.82) is 0 Å². The largest absolute Gasteiger partial charge is 0.384 e. The molecule has 0 aliphatic rings. The number of rotatable bonds is 3. The van der Waals surface area contributed by atoms with Gasteiger partial charge in [-0.2, -0.15) is 0 Å². The van der Waals surface area contributed by atoms with Crippen molar-refractivity contribution in [1.82, 2.24) is 9.97 Å². The highest BCUT2D eigenvalue weighted by atomic mass is 35.5. The highest BCUT2D eigenvalue weighted by Crippen LogP contribution is 2.31. The van der Waals surface area contributed by atoms with Crippen LogP contribution in [0.5, 0.6) is 0 Å². The second-order valence-corrected chi connectivity index (χ2v) is 4.46. The number of anilines is 3. The van der Waals surface area contributed by atoms with Gasteiger partial charge in [0.2, 0.25) is 0 Å². The molecule has 2 aromatic rings. The SMILES string of the molecule is CCc1nc(N)cc(Nc2cccc(Cl)c2Cl)n1. The number of aryl methyl sites for hydroxylation is 1. The molecule has 6 heteroatoms. The Morgan fingerprint density at radius 1 is 1.28 bits per heavy atom. The molecule has 0 aliphatic heterocycles. The van der Waals surface area contributed by atoms with Gasteiger partial charge >= 0.3 is 0 Å². The molecule has 4 nitrogen and oxygen atoms in total. The van der Waals surface area contributed by atoms with Gasteiger partial charge in [0.25, 0.3) is 0 Å². The average molecular weight is 283 g/mol. The Labute approximate surface area is 115 Å². The summed E-state index contributed by atoms with van der Waals surface area (Å²) in [6.07, 6.45) is 0.711. The molecule has 0 spiro atoms. The molecule has 0 saturated carbocycles. The van der Waals surface area contributed by atoms with Crippen molar-refractivity contribution in [3.63, 3.8) is 0 Å². The van der Waals surface area contributed by atoms with E-state index in [0.717, 1.165) is 0 Å². The highest BCUT2D eigenvalue weighted by Gasteiger charge is 2.06. The fourth-order valence-electron chi connectivity index (χ4n) is 1.48. The zero-order valence-corrected chi connectivity index (χ0v) is 11.3. The van der Waals surface area contributed by atoms with Crippen molar-refractivity contribution in [2.24, 2.45) is 0 Å². The van der Waals surface area contributed by atoms with E-state index in [2.05, 4.69) is 15.3 Å². The summed E-state index contributed by atoms with van der Waals surface area (Å²) in [4.78, 5) is 8.42. The van der Waals surface area contributed by atoms with Gasteiger partial charge in [0.1, 0.15) is 17.5 Å². The average Bonchev–Trinajstić information content (AvgIpc) is 2.34. The first-order valence-corrected chi connectivity index (χ1v) is 6.20. The van der Waals surface area contributed by atoms with Crippen LogP contribution in [0.1, 0.15) is 12.7 Å². The summed E-state index contributed by atoms with van der Waals surface area (Å²) < 4.78 is 0. The lowest BCUT2D eigenvalue weighted by Gasteiger charge is -2.09. The van der Waals surface area contributed by atoms with Crippen LogP contribution in [-0.4, -0.2) is 9.97 Å². The van der Waals surface area contributed by atoms with E-state index in [1.165, 1.54) is 0 Å². The van der Waals surface area contributed by atoms with Gasteiger partial charge < -0.3 is 11.1 Å². The second-order valence-electron chi connectivity index (χ2n) is 3.67. The summed E-state index contributed by atoms with van der Waals surface area (Å²) in [5, 5.41) is 4.02. The molecule has 0 radical (unpaired) electrons. The van der Waals surface area contributed by atoms with E-state index in [4.69, 9.17) is 28.9 Å². The van der Waals surface area contributed by atoms with E-state index in [0.29, 0.717) is 39.6 Å². The number of nitrogens with one attached hydrogen (secondary N) is 1. The number of benzene rings is 1. The summed E-state index contributed by atoms with van der Waals surface area (Å²) in [6.45, 7) is 1.96. The second kappa shape index (κ2) is 5.42. The highest BCUT2D eigenvalue weighted by molar-refractivity contribution is 6.43. The third-order valence-corrected chi connectivity index (χ3v) is 3.14.